The van der Waals surface area contributed by atoms with Crippen LogP contribution in [0.4, 0.5) is 10.1 Å². The van der Waals surface area contributed by atoms with Crippen LogP contribution >= 0.6 is 11.3 Å². The molecule has 0 unspecified atom stereocenters. The monoisotopic (exact) mass is 441 g/mol. The number of benzene rings is 2. The van der Waals surface area contributed by atoms with Gasteiger partial charge in [0.25, 0.3) is 5.91 Å². The third-order valence-corrected chi connectivity index (χ3v) is 5.45. The number of hydrogen-bond donors (Lipinski definition) is 1. The van der Waals surface area contributed by atoms with Crippen LogP contribution in [0.3, 0.4) is 0 Å². The number of hydrogen-bond acceptors (Lipinski definition) is 6. The summed E-state index contributed by atoms with van der Waals surface area (Å²) in [7, 11) is 1.42. The van der Waals surface area contributed by atoms with Crippen LogP contribution in [0.2, 0.25) is 0 Å². The Hall–Kier alpha value is -3.59. The van der Waals surface area contributed by atoms with Crippen LogP contribution in [0, 0.1) is 12.7 Å². The fourth-order valence-electron chi connectivity index (χ4n) is 2.63. The van der Waals surface area contributed by atoms with Gasteiger partial charge < -0.3 is 15.0 Å². The molecule has 0 aliphatic heterocycles. The van der Waals surface area contributed by atoms with Crippen molar-refractivity contribution in [1.29, 1.82) is 0 Å². The number of thiazole rings is 1. The fraction of sp³-hybridized carbons (Fsp3) is 0.182. The summed E-state index contributed by atoms with van der Waals surface area (Å²) >= 11 is 1.19. The van der Waals surface area contributed by atoms with Crippen molar-refractivity contribution in [3.05, 3.63) is 71.0 Å². The van der Waals surface area contributed by atoms with Gasteiger partial charge in [-0.3, -0.25) is 9.59 Å². The lowest BCUT2D eigenvalue weighted by Gasteiger charge is -2.16. The van der Waals surface area contributed by atoms with Gasteiger partial charge in [0, 0.05) is 18.3 Å². The van der Waals surface area contributed by atoms with Gasteiger partial charge in [-0.1, -0.05) is 30.3 Å². The molecule has 0 saturated heterocycles. The molecule has 7 nitrogen and oxygen atoms in total. The molecule has 0 aliphatic rings. The van der Waals surface area contributed by atoms with Crippen molar-refractivity contribution in [3.8, 4) is 10.6 Å². The molecule has 2 aromatic carbocycles. The van der Waals surface area contributed by atoms with Gasteiger partial charge in [0.15, 0.2) is 6.61 Å². The average Bonchev–Trinajstić information content (AvgIpc) is 3.15. The fourth-order valence-corrected chi connectivity index (χ4v) is 3.60. The minimum Gasteiger partial charge on any atom is -0.451 e. The Kier molecular flexibility index (Phi) is 7.09. The van der Waals surface area contributed by atoms with E-state index in [0.29, 0.717) is 21.3 Å². The maximum atomic E-state index is 12.9. The second kappa shape index (κ2) is 9.94. The van der Waals surface area contributed by atoms with E-state index in [2.05, 4.69) is 10.3 Å². The summed E-state index contributed by atoms with van der Waals surface area (Å²) in [6.07, 6.45) is 0. The molecule has 0 aliphatic carbocycles. The molecule has 160 valence electrons. The van der Waals surface area contributed by atoms with Crippen LogP contribution in [0.25, 0.3) is 10.6 Å². The molecule has 1 aromatic heterocycles. The third kappa shape index (κ3) is 5.95. The molecule has 0 spiro atoms. The summed E-state index contributed by atoms with van der Waals surface area (Å²) in [4.78, 5) is 42.5. The van der Waals surface area contributed by atoms with E-state index >= 15 is 0 Å². The molecule has 3 aromatic rings. The van der Waals surface area contributed by atoms with Gasteiger partial charge in [0.1, 0.15) is 15.7 Å². The van der Waals surface area contributed by atoms with Gasteiger partial charge in [-0.2, -0.15) is 0 Å². The summed E-state index contributed by atoms with van der Waals surface area (Å²) in [6, 6.07) is 14.7. The van der Waals surface area contributed by atoms with Crippen LogP contribution in [0.5, 0.6) is 0 Å². The number of anilines is 1. The van der Waals surface area contributed by atoms with Gasteiger partial charge >= 0.3 is 5.97 Å². The van der Waals surface area contributed by atoms with Crippen molar-refractivity contribution in [2.24, 2.45) is 0 Å². The second-order valence-electron chi connectivity index (χ2n) is 6.68. The van der Waals surface area contributed by atoms with Crippen LogP contribution in [0.15, 0.2) is 54.6 Å². The number of nitrogens with one attached hydrogen (secondary N) is 1. The normalized spacial score (nSPS) is 10.4. The van der Waals surface area contributed by atoms with Crippen LogP contribution in [-0.2, 0) is 14.3 Å². The molecular formula is C22H20FN3O4S. The molecule has 3 rings (SSSR count). The zero-order valence-electron chi connectivity index (χ0n) is 16.9. The molecule has 0 bridgehead atoms. The minimum atomic E-state index is -0.644. The molecule has 2 amide bonds. The average molecular weight is 441 g/mol. The topological polar surface area (TPSA) is 88.6 Å². The first-order valence-electron chi connectivity index (χ1n) is 9.33. The van der Waals surface area contributed by atoms with E-state index in [1.54, 1.807) is 6.92 Å². The molecule has 1 heterocycles. The summed E-state index contributed by atoms with van der Waals surface area (Å²) in [6.45, 7) is 0.954. The number of carbonyl (C=O) groups is 3. The van der Waals surface area contributed by atoms with Crippen LogP contribution in [-0.4, -0.2) is 47.9 Å². The van der Waals surface area contributed by atoms with E-state index in [0.717, 1.165) is 10.5 Å². The van der Waals surface area contributed by atoms with Gasteiger partial charge in [-0.15, -0.1) is 11.3 Å². The van der Waals surface area contributed by atoms with Gasteiger partial charge in [-0.25, -0.2) is 14.2 Å². The van der Waals surface area contributed by atoms with Crippen molar-refractivity contribution in [2.75, 3.05) is 25.5 Å². The highest BCUT2D eigenvalue weighted by Gasteiger charge is 2.20. The smallest absolute Gasteiger partial charge is 0.350 e. The first kappa shape index (κ1) is 22.1. The van der Waals surface area contributed by atoms with Gasteiger partial charge in [0.2, 0.25) is 5.91 Å². The number of aryl methyl sites for hydroxylation is 1. The maximum absolute atomic E-state index is 12.9. The minimum absolute atomic E-state index is 0.245. The lowest BCUT2D eigenvalue weighted by atomic mass is 10.2. The Labute approximate surface area is 182 Å². The molecule has 31 heavy (non-hydrogen) atoms. The Morgan fingerprint density at radius 3 is 2.45 bits per heavy atom. The predicted octanol–water partition coefficient (Wildman–Crippen LogP) is 3.51. The molecule has 9 heteroatoms. The first-order valence-corrected chi connectivity index (χ1v) is 10.1. The van der Waals surface area contributed by atoms with Crippen LogP contribution < -0.4 is 5.32 Å². The van der Waals surface area contributed by atoms with E-state index in [9.17, 15) is 18.8 Å². The van der Waals surface area contributed by atoms with E-state index in [-0.39, 0.29) is 6.54 Å². The number of ether oxygens (including phenoxy) is 1. The Morgan fingerprint density at radius 2 is 1.77 bits per heavy atom. The van der Waals surface area contributed by atoms with E-state index in [1.807, 2.05) is 30.3 Å². The number of nitrogens with zero attached hydrogens (tertiary/aromatic N) is 2. The van der Waals surface area contributed by atoms with E-state index < -0.39 is 30.2 Å². The molecule has 1 N–H and O–H groups in total. The molecular weight excluding hydrogens is 421 g/mol. The Balaban J connectivity index is 1.51. The van der Waals surface area contributed by atoms with Crippen molar-refractivity contribution >= 4 is 34.8 Å². The number of likely N-dealkylation sites (N-methyl/N-ethyl adjacent to an activating group) is 1. The van der Waals surface area contributed by atoms with Crippen molar-refractivity contribution in [2.45, 2.75) is 6.92 Å². The van der Waals surface area contributed by atoms with E-state index in [1.165, 1.54) is 42.6 Å². The molecule has 0 saturated carbocycles. The van der Waals surface area contributed by atoms with Gasteiger partial charge in [-0.05, 0) is 31.2 Å². The quantitative estimate of drug-likeness (QED) is 0.567. The molecule has 0 radical (unpaired) electrons. The van der Waals surface area contributed by atoms with Crippen LogP contribution in [0.1, 0.15) is 15.4 Å². The highest BCUT2D eigenvalue weighted by atomic mass is 32.1. The Morgan fingerprint density at radius 1 is 1.10 bits per heavy atom. The summed E-state index contributed by atoms with van der Waals surface area (Å²) in [5.41, 5.74) is 1.82. The SMILES string of the molecule is Cc1nc(-c2ccccc2)sc1C(=O)OCC(=O)N(C)CC(=O)Nc1ccc(F)cc1. The van der Waals surface area contributed by atoms with Gasteiger partial charge in [0.05, 0.1) is 12.2 Å². The zero-order chi connectivity index (χ0) is 22.4. The maximum Gasteiger partial charge on any atom is 0.350 e. The second-order valence-corrected chi connectivity index (χ2v) is 7.68. The standard InChI is InChI=1S/C22H20FN3O4S/c1-14-20(31-21(24-14)15-6-4-3-5-7-15)22(29)30-13-19(28)26(2)12-18(27)25-17-10-8-16(23)9-11-17/h3-11H,12-13H2,1-2H3,(H,25,27). The zero-order valence-corrected chi connectivity index (χ0v) is 17.7. The highest BCUT2D eigenvalue weighted by molar-refractivity contribution is 7.17. The van der Waals surface area contributed by atoms with Crippen molar-refractivity contribution in [3.63, 3.8) is 0 Å². The van der Waals surface area contributed by atoms with Crippen molar-refractivity contribution in [1.82, 2.24) is 9.88 Å². The summed E-state index contributed by atoms with van der Waals surface area (Å²) in [5.74, 6) is -2.05. The number of carbonyl (C=O) groups excluding carboxylic acids is 3. The lowest BCUT2D eigenvalue weighted by molar-refractivity contribution is -0.136. The summed E-state index contributed by atoms with van der Waals surface area (Å²) < 4.78 is 18.0. The summed E-state index contributed by atoms with van der Waals surface area (Å²) in [5, 5.41) is 3.24. The number of amides is 2. The number of rotatable bonds is 7. The number of aromatic nitrogens is 1. The third-order valence-electron chi connectivity index (χ3n) is 4.26. The molecule has 0 atom stereocenters. The number of halogens is 1. The lowest BCUT2D eigenvalue weighted by Crippen LogP contribution is -2.37. The number of esters is 1. The van der Waals surface area contributed by atoms with Crippen molar-refractivity contribution < 1.29 is 23.5 Å². The van der Waals surface area contributed by atoms with E-state index in [4.69, 9.17) is 4.74 Å². The highest BCUT2D eigenvalue weighted by Crippen LogP contribution is 2.28. The first-order chi connectivity index (χ1) is 14.8. The molecule has 0 fully saturated rings. The predicted molar refractivity (Wildman–Crippen MR) is 115 cm³/mol. The Bertz CT molecular complexity index is 1080. The largest absolute Gasteiger partial charge is 0.451 e.